The van der Waals surface area contributed by atoms with Crippen LogP contribution >= 0.6 is 36.4 Å². The minimum atomic E-state index is 0. The van der Waals surface area contributed by atoms with Gasteiger partial charge in [0.2, 0.25) is 0 Å². The summed E-state index contributed by atoms with van der Waals surface area (Å²) < 4.78 is 0. The van der Waals surface area contributed by atoms with E-state index in [0.29, 0.717) is 11.2 Å². The van der Waals surface area contributed by atoms with Crippen molar-refractivity contribution < 1.29 is 0 Å². The van der Waals surface area contributed by atoms with Gasteiger partial charge >= 0.3 is 0 Å². The zero-order chi connectivity index (χ0) is 10.3. The maximum absolute atomic E-state index is 5.77. The van der Waals surface area contributed by atoms with Crippen LogP contribution in [0.25, 0.3) is 0 Å². The Bertz CT molecular complexity index is 345. The molecule has 2 fully saturated rings. The molecule has 2 aliphatic heterocycles. The lowest BCUT2D eigenvalue weighted by atomic mass is 10.1. The van der Waals surface area contributed by atoms with Gasteiger partial charge in [0.05, 0.1) is 11.9 Å². The zero-order valence-corrected chi connectivity index (χ0v) is 11.7. The maximum Gasteiger partial charge on any atom is 0.129 e. The van der Waals surface area contributed by atoms with Gasteiger partial charge in [-0.2, -0.15) is 0 Å². The third-order valence-corrected chi connectivity index (χ3v) is 3.66. The molecule has 1 N–H and O–H groups in total. The molecule has 96 valence electrons. The van der Waals surface area contributed by atoms with Gasteiger partial charge in [-0.15, -0.1) is 24.8 Å². The number of halogens is 3. The van der Waals surface area contributed by atoms with Gasteiger partial charge in [0, 0.05) is 19.1 Å². The first-order valence-corrected chi connectivity index (χ1v) is 5.80. The van der Waals surface area contributed by atoms with E-state index >= 15 is 0 Å². The van der Waals surface area contributed by atoms with Crippen LogP contribution in [0.2, 0.25) is 5.15 Å². The molecule has 2 aliphatic rings. The monoisotopic (exact) mass is 295 g/mol. The van der Waals surface area contributed by atoms with Crippen molar-refractivity contribution in [2.45, 2.75) is 12.5 Å². The van der Waals surface area contributed by atoms with Gasteiger partial charge in [0.1, 0.15) is 5.15 Å². The summed E-state index contributed by atoms with van der Waals surface area (Å²) in [4.78, 5) is 6.51. The van der Waals surface area contributed by atoms with E-state index in [2.05, 4.69) is 21.3 Å². The SMILES string of the molecule is Cl.Cl.Clc1ccc(N2C[C@@H]3CCN[C@@H]3C2)cn1. The second-order valence-corrected chi connectivity index (χ2v) is 4.74. The second-order valence-electron chi connectivity index (χ2n) is 4.35. The van der Waals surface area contributed by atoms with Crippen LogP contribution < -0.4 is 10.2 Å². The number of anilines is 1. The van der Waals surface area contributed by atoms with Crippen molar-refractivity contribution in [1.82, 2.24) is 10.3 Å². The number of pyridine rings is 1. The van der Waals surface area contributed by atoms with E-state index < -0.39 is 0 Å². The summed E-state index contributed by atoms with van der Waals surface area (Å²) in [5, 5.41) is 4.11. The molecule has 0 aliphatic carbocycles. The molecule has 3 rings (SSSR count). The highest BCUT2D eigenvalue weighted by Crippen LogP contribution is 2.28. The molecular weight excluding hydrogens is 281 g/mol. The average molecular weight is 297 g/mol. The van der Waals surface area contributed by atoms with Crippen molar-refractivity contribution in [3.63, 3.8) is 0 Å². The van der Waals surface area contributed by atoms with E-state index in [9.17, 15) is 0 Å². The molecule has 2 atom stereocenters. The zero-order valence-electron chi connectivity index (χ0n) is 9.30. The Hall–Kier alpha value is -0.220. The molecule has 1 aromatic heterocycles. The third kappa shape index (κ3) is 2.97. The van der Waals surface area contributed by atoms with Crippen molar-refractivity contribution >= 4 is 42.1 Å². The first-order chi connectivity index (χ1) is 7.33. The Kier molecular flexibility index (Phi) is 5.32. The van der Waals surface area contributed by atoms with E-state index in [4.69, 9.17) is 11.6 Å². The Morgan fingerprint density at radius 3 is 2.76 bits per heavy atom. The standard InChI is InChI=1S/C11H14ClN3.2ClH/c12-11-2-1-9(5-14-11)15-6-8-3-4-13-10(8)7-15;;/h1-2,5,8,10,13H,3-4,6-7H2;2*1H/t8-,10+;;/m0../s1. The van der Waals surface area contributed by atoms with Crippen molar-refractivity contribution in [2.75, 3.05) is 24.5 Å². The highest BCUT2D eigenvalue weighted by Gasteiger charge is 2.35. The third-order valence-electron chi connectivity index (χ3n) is 3.44. The largest absolute Gasteiger partial charge is 0.368 e. The topological polar surface area (TPSA) is 28.2 Å². The van der Waals surface area contributed by atoms with Crippen LogP contribution in [0.15, 0.2) is 18.3 Å². The molecule has 17 heavy (non-hydrogen) atoms. The van der Waals surface area contributed by atoms with Crippen molar-refractivity contribution in [1.29, 1.82) is 0 Å². The number of nitrogens with one attached hydrogen (secondary N) is 1. The fourth-order valence-corrected chi connectivity index (χ4v) is 2.73. The lowest BCUT2D eigenvalue weighted by molar-refractivity contribution is 0.556. The number of rotatable bonds is 1. The van der Waals surface area contributed by atoms with Crippen LogP contribution in [0, 0.1) is 5.92 Å². The van der Waals surface area contributed by atoms with E-state index in [0.717, 1.165) is 19.0 Å². The molecule has 0 amide bonds. The van der Waals surface area contributed by atoms with Crippen LogP contribution in [0.4, 0.5) is 5.69 Å². The summed E-state index contributed by atoms with van der Waals surface area (Å²) >= 11 is 5.77. The molecule has 0 aromatic carbocycles. The summed E-state index contributed by atoms with van der Waals surface area (Å²) in [6.07, 6.45) is 3.17. The highest BCUT2D eigenvalue weighted by atomic mass is 35.5. The molecule has 0 radical (unpaired) electrons. The molecule has 0 bridgehead atoms. The fourth-order valence-electron chi connectivity index (χ4n) is 2.62. The maximum atomic E-state index is 5.77. The minimum absolute atomic E-state index is 0. The summed E-state index contributed by atoms with van der Waals surface area (Å²) in [6, 6.07) is 4.59. The van der Waals surface area contributed by atoms with Crippen LogP contribution in [0.5, 0.6) is 0 Å². The van der Waals surface area contributed by atoms with Crippen LogP contribution in [-0.4, -0.2) is 30.7 Å². The Labute approximate surface area is 119 Å². The van der Waals surface area contributed by atoms with Gasteiger partial charge < -0.3 is 10.2 Å². The van der Waals surface area contributed by atoms with E-state index in [1.807, 2.05) is 12.3 Å². The van der Waals surface area contributed by atoms with Crippen LogP contribution in [-0.2, 0) is 0 Å². The number of aromatic nitrogens is 1. The number of hydrogen-bond acceptors (Lipinski definition) is 3. The smallest absolute Gasteiger partial charge is 0.129 e. The van der Waals surface area contributed by atoms with Gasteiger partial charge in [-0.1, -0.05) is 11.6 Å². The molecule has 2 saturated heterocycles. The molecule has 0 spiro atoms. The lowest BCUT2D eigenvalue weighted by Crippen LogP contribution is -2.30. The predicted molar refractivity (Wildman–Crippen MR) is 75.9 cm³/mol. The van der Waals surface area contributed by atoms with E-state index in [1.165, 1.54) is 18.7 Å². The predicted octanol–water partition coefficient (Wildman–Crippen LogP) is 2.38. The second kappa shape index (κ2) is 6.10. The van der Waals surface area contributed by atoms with Gasteiger partial charge in [-0.3, -0.25) is 0 Å². The number of hydrogen-bond donors (Lipinski definition) is 1. The molecule has 0 saturated carbocycles. The Morgan fingerprint density at radius 1 is 1.29 bits per heavy atom. The highest BCUT2D eigenvalue weighted by molar-refractivity contribution is 6.29. The summed E-state index contributed by atoms with van der Waals surface area (Å²) in [5.74, 6) is 0.820. The van der Waals surface area contributed by atoms with Gasteiger partial charge in [-0.25, -0.2) is 4.98 Å². The average Bonchev–Trinajstić information content (AvgIpc) is 2.78. The molecule has 0 unspecified atom stereocenters. The summed E-state index contributed by atoms with van der Waals surface area (Å²) in [6.45, 7) is 3.44. The van der Waals surface area contributed by atoms with E-state index in [1.54, 1.807) is 0 Å². The molecule has 6 heteroatoms. The normalized spacial score (nSPS) is 26.1. The first-order valence-electron chi connectivity index (χ1n) is 5.43. The quantitative estimate of drug-likeness (QED) is 0.807. The molecule has 1 aromatic rings. The molecule has 3 nitrogen and oxygen atoms in total. The Morgan fingerprint density at radius 2 is 2.12 bits per heavy atom. The fraction of sp³-hybridized carbons (Fsp3) is 0.545. The first kappa shape index (κ1) is 14.8. The van der Waals surface area contributed by atoms with Gasteiger partial charge in [0.25, 0.3) is 0 Å². The van der Waals surface area contributed by atoms with E-state index in [-0.39, 0.29) is 24.8 Å². The molecular formula is C11H16Cl3N3. The van der Waals surface area contributed by atoms with Crippen LogP contribution in [0.1, 0.15) is 6.42 Å². The molecule has 3 heterocycles. The Balaban J connectivity index is 0.000000722. The van der Waals surface area contributed by atoms with Crippen molar-refractivity contribution in [3.8, 4) is 0 Å². The van der Waals surface area contributed by atoms with Crippen LogP contribution in [0.3, 0.4) is 0 Å². The van der Waals surface area contributed by atoms with Crippen molar-refractivity contribution in [2.24, 2.45) is 5.92 Å². The van der Waals surface area contributed by atoms with Gasteiger partial charge in [0.15, 0.2) is 0 Å². The number of fused-ring (bicyclic) bond motifs is 1. The lowest BCUT2D eigenvalue weighted by Gasteiger charge is -2.18. The summed E-state index contributed by atoms with van der Waals surface area (Å²) in [5.41, 5.74) is 1.19. The minimum Gasteiger partial charge on any atom is -0.368 e. The van der Waals surface area contributed by atoms with Crippen molar-refractivity contribution in [3.05, 3.63) is 23.5 Å². The summed E-state index contributed by atoms with van der Waals surface area (Å²) in [7, 11) is 0. The van der Waals surface area contributed by atoms with Gasteiger partial charge in [-0.05, 0) is 31.0 Å². The number of nitrogens with zero attached hydrogens (tertiary/aromatic N) is 2.